The summed E-state index contributed by atoms with van der Waals surface area (Å²) in [4.78, 5) is 7.86. The molecule has 0 aliphatic rings. The molecule has 0 spiro atoms. The van der Waals surface area contributed by atoms with E-state index in [1.165, 1.54) is 12.1 Å². The molecule has 1 unspecified atom stereocenters. The Morgan fingerprint density at radius 1 is 1.25 bits per heavy atom. The lowest BCUT2D eigenvalue weighted by atomic mass is 9.71. The Hall–Kier alpha value is -2.66. The summed E-state index contributed by atoms with van der Waals surface area (Å²) in [7, 11) is 1.56. The number of imidazole rings is 1. The van der Waals surface area contributed by atoms with Gasteiger partial charge < -0.3 is 14.8 Å². The van der Waals surface area contributed by atoms with Gasteiger partial charge in [-0.2, -0.15) is 0 Å². The maximum Gasteiger partial charge on any atom is 0.123 e. The van der Waals surface area contributed by atoms with Crippen LogP contribution in [0.5, 0.6) is 5.75 Å². The molecule has 3 aromatic rings. The van der Waals surface area contributed by atoms with E-state index in [0.717, 1.165) is 11.0 Å². The summed E-state index contributed by atoms with van der Waals surface area (Å²) in [6.45, 7) is 9.76. The molecule has 0 fully saturated rings. The number of para-hydroxylation sites is 2. The third-order valence-electron chi connectivity index (χ3n) is 5.32. The van der Waals surface area contributed by atoms with Gasteiger partial charge in [0.25, 0.3) is 0 Å². The SMILES string of the molecule is C=C(C)C(O)(Cc1nc2ccccc2[nH]1)CC(C)(C)c1cc(F)ccc1OC. The van der Waals surface area contributed by atoms with E-state index in [4.69, 9.17) is 4.74 Å². The quantitative estimate of drug-likeness (QED) is 0.570. The normalized spacial score (nSPS) is 14.1. The van der Waals surface area contributed by atoms with Gasteiger partial charge in [0.15, 0.2) is 0 Å². The summed E-state index contributed by atoms with van der Waals surface area (Å²) < 4.78 is 19.4. The fourth-order valence-corrected chi connectivity index (χ4v) is 3.77. The first-order chi connectivity index (χ1) is 13.1. The van der Waals surface area contributed by atoms with Gasteiger partial charge in [0.2, 0.25) is 0 Å². The number of hydrogen-bond donors (Lipinski definition) is 2. The Balaban J connectivity index is 1.95. The summed E-state index contributed by atoms with van der Waals surface area (Å²) in [5.74, 6) is 0.952. The van der Waals surface area contributed by atoms with Crippen LogP contribution in [0.15, 0.2) is 54.6 Å². The number of H-pyrrole nitrogens is 1. The Kier molecular flexibility index (Phi) is 5.31. The zero-order valence-corrected chi connectivity index (χ0v) is 16.8. The van der Waals surface area contributed by atoms with Gasteiger partial charge in [-0.15, -0.1) is 0 Å². The van der Waals surface area contributed by atoms with Crippen molar-refractivity contribution in [1.82, 2.24) is 9.97 Å². The molecule has 2 N–H and O–H groups in total. The third kappa shape index (κ3) is 3.94. The van der Waals surface area contributed by atoms with Crippen LogP contribution < -0.4 is 4.74 Å². The lowest BCUT2D eigenvalue weighted by Gasteiger charge is -2.37. The van der Waals surface area contributed by atoms with E-state index in [0.29, 0.717) is 29.1 Å². The highest BCUT2D eigenvalue weighted by Gasteiger charge is 2.38. The average molecular weight is 382 g/mol. The predicted octanol–water partition coefficient (Wildman–Crippen LogP) is 4.93. The number of aliphatic hydroxyl groups is 1. The second-order valence-electron chi connectivity index (χ2n) is 8.09. The maximum absolute atomic E-state index is 13.9. The summed E-state index contributed by atoms with van der Waals surface area (Å²) in [6, 6.07) is 12.2. The van der Waals surface area contributed by atoms with Crippen LogP contribution in [0.25, 0.3) is 11.0 Å². The molecule has 148 valence electrons. The van der Waals surface area contributed by atoms with Crippen molar-refractivity contribution in [1.29, 1.82) is 0 Å². The molecule has 1 aromatic heterocycles. The smallest absolute Gasteiger partial charge is 0.123 e. The Bertz CT molecular complexity index is 976. The van der Waals surface area contributed by atoms with E-state index in [1.807, 2.05) is 45.0 Å². The van der Waals surface area contributed by atoms with E-state index in [2.05, 4.69) is 16.5 Å². The number of nitrogens with one attached hydrogen (secondary N) is 1. The van der Waals surface area contributed by atoms with Gasteiger partial charge in [-0.1, -0.05) is 32.6 Å². The molecule has 0 bridgehead atoms. The summed E-state index contributed by atoms with van der Waals surface area (Å²) in [6.07, 6.45) is 0.629. The number of benzene rings is 2. The van der Waals surface area contributed by atoms with Crippen molar-refractivity contribution in [3.63, 3.8) is 0 Å². The molecule has 0 aliphatic carbocycles. The summed E-state index contributed by atoms with van der Waals surface area (Å²) >= 11 is 0. The first-order valence-corrected chi connectivity index (χ1v) is 9.31. The van der Waals surface area contributed by atoms with Crippen LogP contribution in [0.2, 0.25) is 0 Å². The fourth-order valence-electron chi connectivity index (χ4n) is 3.77. The molecular formula is C23H27FN2O2. The fraction of sp³-hybridized carbons (Fsp3) is 0.348. The molecule has 0 aliphatic heterocycles. The Morgan fingerprint density at radius 3 is 2.61 bits per heavy atom. The highest BCUT2D eigenvalue weighted by atomic mass is 19.1. The molecule has 1 atom stereocenters. The second-order valence-corrected chi connectivity index (χ2v) is 8.09. The number of methoxy groups -OCH3 is 1. The van der Waals surface area contributed by atoms with Crippen molar-refractivity contribution in [3.05, 3.63) is 71.8 Å². The van der Waals surface area contributed by atoms with Crippen LogP contribution in [-0.2, 0) is 11.8 Å². The maximum atomic E-state index is 13.9. The second kappa shape index (κ2) is 7.40. The molecule has 28 heavy (non-hydrogen) atoms. The van der Waals surface area contributed by atoms with Gasteiger partial charge in [-0.25, -0.2) is 9.37 Å². The molecular weight excluding hydrogens is 355 g/mol. The van der Waals surface area contributed by atoms with Crippen molar-refractivity contribution < 1.29 is 14.2 Å². The number of rotatable bonds is 7. The van der Waals surface area contributed by atoms with Gasteiger partial charge in [-0.05, 0) is 54.7 Å². The minimum absolute atomic E-state index is 0.290. The van der Waals surface area contributed by atoms with Crippen molar-refractivity contribution in [2.45, 2.75) is 44.6 Å². The zero-order valence-electron chi connectivity index (χ0n) is 16.8. The van der Waals surface area contributed by atoms with Crippen LogP contribution in [0.1, 0.15) is 38.6 Å². The lowest BCUT2D eigenvalue weighted by Crippen LogP contribution is -2.40. The van der Waals surface area contributed by atoms with Gasteiger partial charge >= 0.3 is 0 Å². The van der Waals surface area contributed by atoms with E-state index in [-0.39, 0.29) is 12.2 Å². The van der Waals surface area contributed by atoms with Gasteiger partial charge in [0.1, 0.15) is 17.4 Å². The van der Waals surface area contributed by atoms with E-state index >= 15 is 0 Å². The van der Waals surface area contributed by atoms with E-state index < -0.39 is 11.0 Å². The number of ether oxygens (including phenoxy) is 1. The highest BCUT2D eigenvalue weighted by molar-refractivity contribution is 5.74. The average Bonchev–Trinajstić information content (AvgIpc) is 3.02. The zero-order chi connectivity index (χ0) is 20.5. The van der Waals surface area contributed by atoms with Crippen molar-refractivity contribution >= 4 is 11.0 Å². The molecule has 0 saturated carbocycles. The minimum atomic E-state index is -1.21. The van der Waals surface area contributed by atoms with Crippen molar-refractivity contribution in [2.24, 2.45) is 0 Å². The molecule has 2 aromatic carbocycles. The molecule has 5 heteroatoms. The molecule has 0 amide bonds. The van der Waals surface area contributed by atoms with E-state index in [9.17, 15) is 9.50 Å². The largest absolute Gasteiger partial charge is 0.496 e. The van der Waals surface area contributed by atoms with Crippen LogP contribution >= 0.6 is 0 Å². The molecule has 1 heterocycles. The highest BCUT2D eigenvalue weighted by Crippen LogP contribution is 2.41. The summed E-state index contributed by atoms with van der Waals surface area (Å²) in [5.41, 5.74) is 1.35. The number of nitrogens with zero attached hydrogens (tertiary/aromatic N) is 1. The monoisotopic (exact) mass is 382 g/mol. The van der Waals surface area contributed by atoms with Crippen LogP contribution in [0.3, 0.4) is 0 Å². The third-order valence-corrected chi connectivity index (χ3v) is 5.32. The number of halogens is 1. The predicted molar refractivity (Wildman–Crippen MR) is 110 cm³/mol. The topological polar surface area (TPSA) is 58.1 Å². The molecule has 0 saturated heterocycles. The van der Waals surface area contributed by atoms with E-state index in [1.54, 1.807) is 13.2 Å². The molecule has 4 nitrogen and oxygen atoms in total. The lowest BCUT2D eigenvalue weighted by molar-refractivity contribution is 0.0471. The first kappa shape index (κ1) is 20.1. The Labute approximate surface area is 165 Å². The number of fused-ring (bicyclic) bond motifs is 1. The van der Waals surface area contributed by atoms with Gasteiger partial charge in [0, 0.05) is 12.0 Å². The van der Waals surface area contributed by atoms with Crippen LogP contribution in [-0.4, -0.2) is 27.8 Å². The van der Waals surface area contributed by atoms with Gasteiger partial charge in [-0.3, -0.25) is 0 Å². The van der Waals surface area contributed by atoms with Crippen LogP contribution in [0.4, 0.5) is 4.39 Å². The van der Waals surface area contributed by atoms with Crippen molar-refractivity contribution in [3.8, 4) is 5.75 Å². The first-order valence-electron chi connectivity index (χ1n) is 9.31. The van der Waals surface area contributed by atoms with Crippen LogP contribution in [0, 0.1) is 5.82 Å². The summed E-state index contributed by atoms with van der Waals surface area (Å²) in [5, 5.41) is 11.5. The standard InChI is InChI=1S/C23H27FN2O2/c1-15(2)23(27,13-21-25-18-8-6-7-9-19(18)26-21)14-22(3,4)17-12-16(24)10-11-20(17)28-5/h6-12,27H,1,13-14H2,2-5H3,(H,25,26). The van der Waals surface area contributed by atoms with Gasteiger partial charge in [0.05, 0.1) is 23.7 Å². The number of aromatic amines is 1. The molecule has 0 radical (unpaired) electrons. The Morgan fingerprint density at radius 2 is 1.96 bits per heavy atom. The molecule has 3 rings (SSSR count). The minimum Gasteiger partial charge on any atom is -0.496 e. The number of aromatic nitrogens is 2. The van der Waals surface area contributed by atoms with Crippen molar-refractivity contribution in [2.75, 3.05) is 7.11 Å². The number of hydrogen-bond acceptors (Lipinski definition) is 3.